The smallest absolute Gasteiger partial charge is 0.0781 e. The number of para-hydroxylation sites is 1. The Balaban J connectivity index is 2.18. The van der Waals surface area contributed by atoms with Gasteiger partial charge >= 0.3 is 0 Å². The minimum Gasteiger partial charge on any atom is -0.389 e. The van der Waals surface area contributed by atoms with Gasteiger partial charge in [0.2, 0.25) is 0 Å². The molecule has 2 rings (SSSR count). The second-order valence-corrected chi connectivity index (χ2v) is 4.99. The Bertz CT molecular complexity index is 341. The Kier molecular flexibility index (Phi) is 4.43. The summed E-state index contributed by atoms with van der Waals surface area (Å²) in [6, 6.07) is 8.26. The lowest BCUT2D eigenvalue weighted by Gasteiger charge is -2.29. The highest BCUT2D eigenvalue weighted by molar-refractivity contribution is 5.54. The Morgan fingerprint density at radius 2 is 1.59 bits per heavy atom. The zero-order valence-corrected chi connectivity index (χ0v) is 10.7. The van der Waals surface area contributed by atoms with E-state index >= 15 is 0 Å². The molecule has 1 atom stereocenters. The third kappa shape index (κ3) is 3.22. The van der Waals surface area contributed by atoms with Crippen LogP contribution in [-0.4, -0.2) is 18.2 Å². The number of nitrogens with zero attached hydrogens (tertiary/aromatic N) is 1. The standard InChI is InChI=1S/C15H23NO/c1-13(17)14-9-5-6-10-15(14)16-11-7-3-2-4-8-12-16/h5-6,9-10,13,17H,2-4,7-8,11-12H2,1H3. The van der Waals surface area contributed by atoms with Crippen molar-refractivity contribution in [2.75, 3.05) is 18.0 Å². The monoisotopic (exact) mass is 233 g/mol. The molecule has 1 aliphatic rings. The molecular formula is C15H23NO. The Morgan fingerprint density at radius 1 is 1.00 bits per heavy atom. The summed E-state index contributed by atoms with van der Waals surface area (Å²) in [5.74, 6) is 0. The van der Waals surface area contributed by atoms with E-state index in [-0.39, 0.29) is 6.10 Å². The van der Waals surface area contributed by atoms with Gasteiger partial charge in [0.05, 0.1) is 6.10 Å². The lowest BCUT2D eigenvalue weighted by molar-refractivity contribution is 0.199. The molecule has 94 valence electrons. The third-order valence-corrected chi connectivity index (χ3v) is 3.58. The van der Waals surface area contributed by atoms with E-state index in [1.54, 1.807) is 0 Å². The Labute approximate surface area is 104 Å². The molecule has 2 nitrogen and oxygen atoms in total. The van der Waals surface area contributed by atoms with Gasteiger partial charge in [0, 0.05) is 24.3 Å². The average Bonchev–Trinajstić information content (AvgIpc) is 2.28. The SMILES string of the molecule is CC(O)c1ccccc1N1CCCCCCC1. The quantitative estimate of drug-likeness (QED) is 0.845. The first kappa shape index (κ1) is 12.4. The molecule has 1 aromatic carbocycles. The summed E-state index contributed by atoms with van der Waals surface area (Å²) in [6.45, 7) is 4.11. The van der Waals surface area contributed by atoms with Gasteiger partial charge in [-0.2, -0.15) is 0 Å². The maximum atomic E-state index is 9.83. The molecule has 1 aromatic rings. The molecule has 0 aromatic heterocycles. The highest BCUT2D eigenvalue weighted by Crippen LogP contribution is 2.27. The molecule has 1 heterocycles. The second kappa shape index (κ2) is 6.06. The summed E-state index contributed by atoms with van der Waals surface area (Å²) in [5.41, 5.74) is 2.29. The highest BCUT2D eigenvalue weighted by Gasteiger charge is 2.14. The molecule has 1 unspecified atom stereocenters. The molecule has 0 radical (unpaired) electrons. The van der Waals surface area contributed by atoms with Gasteiger partial charge < -0.3 is 10.0 Å². The summed E-state index contributed by atoms with van der Waals surface area (Å²) in [6.07, 6.45) is 6.23. The van der Waals surface area contributed by atoms with Crippen LogP contribution in [0.4, 0.5) is 5.69 Å². The van der Waals surface area contributed by atoms with Gasteiger partial charge in [0.15, 0.2) is 0 Å². The van der Waals surface area contributed by atoms with Gasteiger partial charge in [-0.3, -0.25) is 0 Å². The van der Waals surface area contributed by atoms with E-state index in [0.29, 0.717) is 0 Å². The maximum Gasteiger partial charge on any atom is 0.0781 e. The molecule has 2 heteroatoms. The van der Waals surface area contributed by atoms with E-state index in [0.717, 1.165) is 18.7 Å². The fourth-order valence-corrected chi connectivity index (χ4v) is 2.62. The van der Waals surface area contributed by atoms with E-state index in [1.807, 2.05) is 19.1 Å². The van der Waals surface area contributed by atoms with Crippen molar-refractivity contribution < 1.29 is 5.11 Å². The highest BCUT2D eigenvalue weighted by atomic mass is 16.3. The topological polar surface area (TPSA) is 23.5 Å². The van der Waals surface area contributed by atoms with Crippen molar-refractivity contribution in [1.29, 1.82) is 0 Å². The lowest BCUT2D eigenvalue weighted by atomic mass is 10.0. The Hall–Kier alpha value is -1.02. The summed E-state index contributed by atoms with van der Waals surface area (Å²) < 4.78 is 0. The van der Waals surface area contributed by atoms with E-state index in [2.05, 4.69) is 17.0 Å². The number of benzene rings is 1. The lowest BCUT2D eigenvalue weighted by Crippen LogP contribution is -2.28. The number of anilines is 1. The van der Waals surface area contributed by atoms with Gasteiger partial charge in [-0.25, -0.2) is 0 Å². The van der Waals surface area contributed by atoms with Crippen molar-refractivity contribution in [2.45, 2.75) is 45.1 Å². The van der Waals surface area contributed by atoms with Crippen molar-refractivity contribution in [3.63, 3.8) is 0 Å². The van der Waals surface area contributed by atoms with Gasteiger partial charge in [-0.05, 0) is 25.8 Å². The number of aliphatic hydroxyl groups excluding tert-OH is 1. The number of aliphatic hydroxyl groups is 1. The van der Waals surface area contributed by atoms with E-state index in [1.165, 1.54) is 37.8 Å². The van der Waals surface area contributed by atoms with Crippen LogP contribution in [0, 0.1) is 0 Å². The summed E-state index contributed by atoms with van der Waals surface area (Å²) in [4.78, 5) is 2.45. The largest absolute Gasteiger partial charge is 0.389 e. The van der Waals surface area contributed by atoms with Crippen LogP contribution in [0.25, 0.3) is 0 Å². The van der Waals surface area contributed by atoms with Crippen molar-refractivity contribution in [2.24, 2.45) is 0 Å². The van der Waals surface area contributed by atoms with Crippen LogP contribution in [0.15, 0.2) is 24.3 Å². The number of hydrogen-bond donors (Lipinski definition) is 1. The fraction of sp³-hybridized carbons (Fsp3) is 0.600. The van der Waals surface area contributed by atoms with Crippen LogP contribution in [-0.2, 0) is 0 Å². The van der Waals surface area contributed by atoms with Crippen molar-refractivity contribution in [3.05, 3.63) is 29.8 Å². The molecule has 0 spiro atoms. The fourth-order valence-electron chi connectivity index (χ4n) is 2.62. The molecular weight excluding hydrogens is 210 g/mol. The Morgan fingerprint density at radius 3 is 2.24 bits per heavy atom. The van der Waals surface area contributed by atoms with Crippen LogP contribution in [0.1, 0.15) is 50.7 Å². The molecule has 1 saturated heterocycles. The van der Waals surface area contributed by atoms with Crippen molar-refractivity contribution in [3.8, 4) is 0 Å². The van der Waals surface area contributed by atoms with Crippen LogP contribution in [0.5, 0.6) is 0 Å². The average molecular weight is 233 g/mol. The second-order valence-electron chi connectivity index (χ2n) is 4.99. The van der Waals surface area contributed by atoms with E-state index in [4.69, 9.17) is 0 Å². The minimum atomic E-state index is -0.378. The first-order valence-corrected chi connectivity index (χ1v) is 6.81. The van der Waals surface area contributed by atoms with Crippen molar-refractivity contribution in [1.82, 2.24) is 0 Å². The number of hydrogen-bond acceptors (Lipinski definition) is 2. The molecule has 0 aliphatic carbocycles. The molecule has 1 fully saturated rings. The number of rotatable bonds is 2. The molecule has 17 heavy (non-hydrogen) atoms. The maximum absolute atomic E-state index is 9.83. The molecule has 0 saturated carbocycles. The summed E-state index contributed by atoms with van der Waals surface area (Å²) >= 11 is 0. The zero-order chi connectivity index (χ0) is 12.1. The van der Waals surface area contributed by atoms with Crippen LogP contribution in [0.2, 0.25) is 0 Å². The first-order valence-electron chi connectivity index (χ1n) is 6.81. The molecule has 0 amide bonds. The summed E-state index contributed by atoms with van der Waals surface area (Å²) in [5, 5.41) is 9.83. The van der Waals surface area contributed by atoms with E-state index in [9.17, 15) is 5.11 Å². The summed E-state index contributed by atoms with van der Waals surface area (Å²) in [7, 11) is 0. The normalized spacial score (nSPS) is 19.5. The first-order chi connectivity index (χ1) is 8.29. The minimum absolute atomic E-state index is 0.378. The van der Waals surface area contributed by atoms with Crippen LogP contribution in [0.3, 0.4) is 0 Å². The molecule has 0 bridgehead atoms. The third-order valence-electron chi connectivity index (χ3n) is 3.58. The van der Waals surface area contributed by atoms with Crippen LogP contribution < -0.4 is 4.90 Å². The van der Waals surface area contributed by atoms with Crippen LogP contribution >= 0.6 is 0 Å². The molecule has 1 aliphatic heterocycles. The van der Waals surface area contributed by atoms with Gasteiger partial charge in [-0.1, -0.05) is 37.5 Å². The van der Waals surface area contributed by atoms with Crippen molar-refractivity contribution >= 4 is 5.69 Å². The van der Waals surface area contributed by atoms with E-state index < -0.39 is 0 Å². The van der Waals surface area contributed by atoms with Gasteiger partial charge in [0.1, 0.15) is 0 Å². The van der Waals surface area contributed by atoms with Gasteiger partial charge in [0.25, 0.3) is 0 Å². The zero-order valence-electron chi connectivity index (χ0n) is 10.7. The predicted octanol–water partition coefficient (Wildman–Crippen LogP) is 3.51. The van der Waals surface area contributed by atoms with Gasteiger partial charge in [-0.15, -0.1) is 0 Å². The molecule has 1 N–H and O–H groups in total. The predicted molar refractivity (Wildman–Crippen MR) is 72.4 cm³/mol.